The fraction of sp³-hybridized carbons (Fsp3) is 0.389. The van der Waals surface area contributed by atoms with E-state index in [0.29, 0.717) is 19.7 Å². The molecule has 0 bridgehead atoms. The maximum absolute atomic E-state index is 5.55. The number of aliphatic imine (C=N–C) groups is 1. The summed E-state index contributed by atoms with van der Waals surface area (Å²) in [7, 11) is 1.65. The van der Waals surface area contributed by atoms with Crippen LogP contribution in [0.2, 0.25) is 0 Å². The number of benzene rings is 1. The lowest BCUT2D eigenvalue weighted by Gasteiger charge is -2.13. The summed E-state index contributed by atoms with van der Waals surface area (Å²) >= 11 is 1.69. The summed E-state index contributed by atoms with van der Waals surface area (Å²) in [6.45, 7) is 6.79. The number of methoxy groups -OCH3 is 1. The summed E-state index contributed by atoms with van der Waals surface area (Å²) in [6.07, 6.45) is 0. The highest BCUT2D eigenvalue weighted by Crippen LogP contribution is 2.27. The van der Waals surface area contributed by atoms with Gasteiger partial charge in [-0.3, -0.25) is 0 Å². The molecule has 0 atom stereocenters. The van der Waals surface area contributed by atoms with Gasteiger partial charge in [-0.05, 0) is 53.9 Å². The second kappa shape index (κ2) is 12.0. The van der Waals surface area contributed by atoms with Crippen molar-refractivity contribution in [3.05, 3.63) is 46.2 Å². The Labute approximate surface area is 170 Å². The fourth-order valence-corrected chi connectivity index (χ4v) is 2.84. The van der Waals surface area contributed by atoms with Crippen molar-refractivity contribution in [2.45, 2.75) is 26.9 Å². The number of hydrogen-bond donors (Lipinski definition) is 2. The molecule has 25 heavy (non-hydrogen) atoms. The number of nitrogens with one attached hydrogen (secondary N) is 2. The summed E-state index contributed by atoms with van der Waals surface area (Å²) in [6, 6.07) is 8.05. The second-order valence-electron chi connectivity index (χ2n) is 5.10. The molecule has 1 aromatic carbocycles. The number of ether oxygens (including phenoxy) is 2. The van der Waals surface area contributed by atoms with Gasteiger partial charge in [0.15, 0.2) is 17.5 Å². The van der Waals surface area contributed by atoms with Gasteiger partial charge in [-0.2, -0.15) is 11.3 Å². The highest BCUT2D eigenvalue weighted by molar-refractivity contribution is 14.0. The van der Waals surface area contributed by atoms with Crippen LogP contribution in [0.25, 0.3) is 0 Å². The Morgan fingerprint density at radius 1 is 1.12 bits per heavy atom. The van der Waals surface area contributed by atoms with Gasteiger partial charge in [-0.15, -0.1) is 24.0 Å². The topological polar surface area (TPSA) is 54.9 Å². The van der Waals surface area contributed by atoms with Crippen LogP contribution < -0.4 is 20.1 Å². The highest BCUT2D eigenvalue weighted by atomic mass is 127. The third-order valence-electron chi connectivity index (χ3n) is 3.33. The van der Waals surface area contributed by atoms with E-state index in [2.05, 4.69) is 39.4 Å². The molecule has 0 saturated heterocycles. The maximum atomic E-state index is 5.55. The van der Waals surface area contributed by atoms with E-state index in [0.717, 1.165) is 29.6 Å². The van der Waals surface area contributed by atoms with Gasteiger partial charge in [0, 0.05) is 13.1 Å². The number of nitrogens with zero attached hydrogens (tertiary/aromatic N) is 1. The van der Waals surface area contributed by atoms with Gasteiger partial charge >= 0.3 is 0 Å². The van der Waals surface area contributed by atoms with Crippen molar-refractivity contribution >= 4 is 41.3 Å². The third-order valence-corrected chi connectivity index (χ3v) is 4.06. The minimum atomic E-state index is 0. The summed E-state index contributed by atoms with van der Waals surface area (Å²) in [5, 5.41) is 10.8. The van der Waals surface area contributed by atoms with Gasteiger partial charge < -0.3 is 20.1 Å². The lowest BCUT2D eigenvalue weighted by molar-refractivity contribution is 0.310. The normalized spacial score (nSPS) is 10.8. The van der Waals surface area contributed by atoms with Gasteiger partial charge in [-0.25, -0.2) is 4.99 Å². The van der Waals surface area contributed by atoms with Crippen LogP contribution in [0, 0.1) is 0 Å². The van der Waals surface area contributed by atoms with Gasteiger partial charge in [0.25, 0.3) is 0 Å². The van der Waals surface area contributed by atoms with Gasteiger partial charge in [-0.1, -0.05) is 6.07 Å². The molecule has 0 spiro atoms. The number of hydrogen-bond acceptors (Lipinski definition) is 4. The van der Waals surface area contributed by atoms with E-state index in [1.807, 2.05) is 25.1 Å². The van der Waals surface area contributed by atoms with E-state index in [1.54, 1.807) is 18.4 Å². The van der Waals surface area contributed by atoms with Crippen LogP contribution in [0.3, 0.4) is 0 Å². The molecule has 0 aliphatic rings. The largest absolute Gasteiger partial charge is 0.493 e. The zero-order valence-corrected chi connectivity index (χ0v) is 18.0. The number of rotatable bonds is 8. The van der Waals surface area contributed by atoms with Crippen molar-refractivity contribution in [2.24, 2.45) is 4.99 Å². The molecule has 0 unspecified atom stereocenters. The highest BCUT2D eigenvalue weighted by Gasteiger charge is 2.06. The molecule has 0 fully saturated rings. The summed E-state index contributed by atoms with van der Waals surface area (Å²) in [4.78, 5) is 4.61. The van der Waals surface area contributed by atoms with Crippen molar-refractivity contribution < 1.29 is 9.47 Å². The third kappa shape index (κ3) is 7.11. The predicted molar refractivity (Wildman–Crippen MR) is 116 cm³/mol. The molecular formula is C18H26IN3O2S. The van der Waals surface area contributed by atoms with Crippen LogP contribution in [0.4, 0.5) is 0 Å². The zero-order chi connectivity index (χ0) is 17.2. The van der Waals surface area contributed by atoms with E-state index < -0.39 is 0 Å². The van der Waals surface area contributed by atoms with E-state index in [4.69, 9.17) is 9.47 Å². The number of guanidine groups is 1. The molecule has 0 amide bonds. The van der Waals surface area contributed by atoms with Crippen molar-refractivity contribution in [2.75, 3.05) is 20.3 Å². The van der Waals surface area contributed by atoms with Gasteiger partial charge in [0.05, 0.1) is 20.3 Å². The lowest BCUT2D eigenvalue weighted by Crippen LogP contribution is -2.36. The average Bonchev–Trinajstić information content (AvgIpc) is 3.12. The van der Waals surface area contributed by atoms with E-state index in [9.17, 15) is 0 Å². The SMILES string of the molecule is CCNC(=NCc1ccsc1)NCc1ccc(OCC)c(OC)c1.I. The van der Waals surface area contributed by atoms with Crippen molar-refractivity contribution in [1.82, 2.24) is 10.6 Å². The van der Waals surface area contributed by atoms with Crippen molar-refractivity contribution in [3.63, 3.8) is 0 Å². The summed E-state index contributed by atoms with van der Waals surface area (Å²) in [5.74, 6) is 2.31. The first-order valence-corrected chi connectivity index (χ1v) is 9.04. The van der Waals surface area contributed by atoms with Crippen molar-refractivity contribution in [1.29, 1.82) is 0 Å². The molecule has 1 heterocycles. The molecule has 0 aliphatic carbocycles. The van der Waals surface area contributed by atoms with Crippen LogP contribution in [-0.2, 0) is 13.1 Å². The molecule has 0 aliphatic heterocycles. The van der Waals surface area contributed by atoms with E-state index in [1.165, 1.54) is 5.56 Å². The zero-order valence-electron chi connectivity index (χ0n) is 14.9. The minimum Gasteiger partial charge on any atom is -0.493 e. The monoisotopic (exact) mass is 475 g/mol. The molecular weight excluding hydrogens is 449 g/mol. The Balaban J connectivity index is 0.00000312. The van der Waals surface area contributed by atoms with E-state index >= 15 is 0 Å². The molecule has 2 rings (SSSR count). The Kier molecular flexibility index (Phi) is 10.3. The lowest BCUT2D eigenvalue weighted by atomic mass is 10.2. The van der Waals surface area contributed by atoms with Crippen molar-refractivity contribution in [3.8, 4) is 11.5 Å². The molecule has 7 heteroatoms. The second-order valence-corrected chi connectivity index (χ2v) is 5.88. The van der Waals surface area contributed by atoms with Gasteiger partial charge in [0.1, 0.15) is 0 Å². The number of thiophene rings is 1. The van der Waals surface area contributed by atoms with Crippen LogP contribution in [0.1, 0.15) is 25.0 Å². The number of halogens is 1. The van der Waals surface area contributed by atoms with Crippen LogP contribution >= 0.6 is 35.3 Å². The molecule has 2 aromatic rings. The summed E-state index contributed by atoms with van der Waals surface area (Å²) < 4.78 is 10.9. The Bertz CT molecular complexity index is 648. The first kappa shape index (κ1) is 21.6. The minimum absolute atomic E-state index is 0. The average molecular weight is 475 g/mol. The Morgan fingerprint density at radius 3 is 2.60 bits per heavy atom. The fourth-order valence-electron chi connectivity index (χ4n) is 2.18. The summed E-state index contributed by atoms with van der Waals surface area (Å²) in [5.41, 5.74) is 2.33. The predicted octanol–water partition coefficient (Wildman–Crippen LogP) is 4.03. The smallest absolute Gasteiger partial charge is 0.191 e. The van der Waals surface area contributed by atoms with E-state index in [-0.39, 0.29) is 24.0 Å². The molecule has 0 saturated carbocycles. The molecule has 138 valence electrons. The Hall–Kier alpha value is -1.48. The maximum Gasteiger partial charge on any atom is 0.191 e. The van der Waals surface area contributed by atoms with Crippen LogP contribution in [0.5, 0.6) is 11.5 Å². The van der Waals surface area contributed by atoms with Crippen LogP contribution in [0.15, 0.2) is 40.0 Å². The molecule has 1 aromatic heterocycles. The first-order chi connectivity index (χ1) is 11.8. The standard InChI is InChI=1S/C18H25N3O2S.HI/c1-4-19-18(21-12-15-8-9-24-13-15)20-11-14-6-7-16(23-5-2)17(10-14)22-3;/h6-10,13H,4-5,11-12H2,1-3H3,(H2,19,20,21);1H. The van der Waals surface area contributed by atoms with Crippen LogP contribution in [-0.4, -0.2) is 26.2 Å². The molecule has 5 nitrogen and oxygen atoms in total. The Morgan fingerprint density at radius 2 is 1.96 bits per heavy atom. The van der Waals surface area contributed by atoms with Gasteiger partial charge in [0.2, 0.25) is 0 Å². The molecule has 0 radical (unpaired) electrons. The molecule has 2 N–H and O–H groups in total. The first-order valence-electron chi connectivity index (χ1n) is 8.09. The quantitative estimate of drug-likeness (QED) is 0.344.